The number of tetrazole rings is 1. The van der Waals surface area contributed by atoms with Crippen molar-refractivity contribution in [3.8, 4) is 28.8 Å². The summed E-state index contributed by atoms with van der Waals surface area (Å²) in [6, 6.07) is 8.38. The number of nitrogens with zero attached hydrogens (tertiary/aromatic N) is 10. The Kier molecular flexibility index (Phi) is 9.90. The van der Waals surface area contributed by atoms with Crippen molar-refractivity contribution in [3.63, 3.8) is 0 Å². The smallest absolute Gasteiger partial charge is 0.257 e. The Balaban J connectivity index is 1.15. The predicted octanol–water partition coefficient (Wildman–Crippen LogP) is 3.37. The molecule has 0 bridgehead atoms. The van der Waals surface area contributed by atoms with Crippen LogP contribution in [0, 0.1) is 11.3 Å². The van der Waals surface area contributed by atoms with E-state index in [1.165, 1.54) is 6.33 Å². The average molecular weight is 644 g/mol. The molecule has 0 unspecified atom stereocenters. The van der Waals surface area contributed by atoms with Crippen LogP contribution in [0.3, 0.4) is 0 Å². The maximum Gasteiger partial charge on any atom is 0.257 e. The third-order valence-electron chi connectivity index (χ3n) is 8.36. The largest absolute Gasteiger partial charge is 0.487 e. The fourth-order valence-corrected chi connectivity index (χ4v) is 5.97. The van der Waals surface area contributed by atoms with Crippen molar-refractivity contribution >= 4 is 11.6 Å². The first kappa shape index (κ1) is 32.3. The number of hydrogen-bond acceptors (Lipinski definition) is 13. The Morgan fingerprint density at radius 3 is 2.53 bits per heavy atom. The SMILES string of the molecule is C[C@@H](Cn1cnnn1)Oc1cc(-c2cnc(Nc3cn(C4CCC(N5CCOCC5)CC4)nc3OCC(C)(C)O)nc2)ccc1C#N. The molecule has 15 heteroatoms. The van der Waals surface area contributed by atoms with Gasteiger partial charge < -0.3 is 24.6 Å². The lowest BCUT2D eigenvalue weighted by Gasteiger charge is -2.38. The normalized spacial score (nSPS) is 19.6. The minimum atomic E-state index is -1.02. The number of benzene rings is 1. The quantitative estimate of drug-likeness (QED) is 0.230. The molecule has 1 atom stereocenters. The van der Waals surface area contributed by atoms with Crippen LogP contribution in [0.2, 0.25) is 0 Å². The Morgan fingerprint density at radius 1 is 1.11 bits per heavy atom. The molecule has 1 saturated carbocycles. The third kappa shape index (κ3) is 8.39. The summed E-state index contributed by atoms with van der Waals surface area (Å²) in [5.41, 5.74) is 1.58. The lowest BCUT2D eigenvalue weighted by molar-refractivity contribution is 0.00492. The zero-order valence-corrected chi connectivity index (χ0v) is 27.0. The van der Waals surface area contributed by atoms with E-state index < -0.39 is 5.60 Å². The molecular weight excluding hydrogens is 602 g/mol. The van der Waals surface area contributed by atoms with E-state index in [0.29, 0.717) is 41.4 Å². The van der Waals surface area contributed by atoms with E-state index in [9.17, 15) is 10.4 Å². The van der Waals surface area contributed by atoms with Crippen LogP contribution in [0.25, 0.3) is 11.1 Å². The van der Waals surface area contributed by atoms with Gasteiger partial charge in [0.15, 0.2) is 0 Å². The second-order valence-electron chi connectivity index (χ2n) is 12.7. The molecule has 2 N–H and O–H groups in total. The Bertz CT molecular complexity index is 1630. The Labute approximate surface area is 273 Å². The molecule has 2 aliphatic rings. The van der Waals surface area contributed by atoms with Crippen LogP contribution in [0.1, 0.15) is 58.1 Å². The first-order valence-electron chi connectivity index (χ1n) is 16.0. The van der Waals surface area contributed by atoms with E-state index in [1.807, 2.05) is 23.9 Å². The summed E-state index contributed by atoms with van der Waals surface area (Å²) in [4.78, 5) is 11.7. The van der Waals surface area contributed by atoms with E-state index in [0.717, 1.165) is 63.1 Å². The number of aliphatic hydroxyl groups is 1. The molecule has 1 aromatic carbocycles. The molecule has 3 aromatic heterocycles. The number of nitriles is 1. The molecule has 1 saturated heterocycles. The van der Waals surface area contributed by atoms with Crippen LogP contribution in [0.5, 0.6) is 11.6 Å². The highest BCUT2D eigenvalue weighted by Crippen LogP contribution is 2.35. The van der Waals surface area contributed by atoms with Crippen molar-refractivity contribution in [2.24, 2.45) is 0 Å². The zero-order chi connectivity index (χ0) is 32.8. The number of aromatic nitrogens is 8. The third-order valence-corrected chi connectivity index (χ3v) is 8.36. The van der Waals surface area contributed by atoms with E-state index >= 15 is 0 Å². The lowest BCUT2D eigenvalue weighted by atomic mass is 9.90. The highest BCUT2D eigenvalue weighted by atomic mass is 16.5. The number of hydrogen-bond donors (Lipinski definition) is 2. The van der Waals surface area contributed by atoms with Crippen LogP contribution in [-0.2, 0) is 11.3 Å². The van der Waals surface area contributed by atoms with Crippen LogP contribution in [0.4, 0.5) is 11.6 Å². The molecule has 1 aliphatic heterocycles. The molecule has 248 valence electrons. The fourth-order valence-electron chi connectivity index (χ4n) is 5.97. The maximum atomic E-state index is 10.3. The monoisotopic (exact) mass is 643 g/mol. The summed E-state index contributed by atoms with van der Waals surface area (Å²) in [6.07, 6.45) is 10.8. The van der Waals surface area contributed by atoms with Crippen LogP contribution < -0.4 is 14.8 Å². The number of rotatable bonds is 12. The first-order chi connectivity index (χ1) is 22.7. The van der Waals surface area contributed by atoms with Crippen molar-refractivity contribution in [1.29, 1.82) is 5.26 Å². The summed E-state index contributed by atoms with van der Waals surface area (Å²) in [5.74, 6) is 1.21. The fraction of sp³-hybridized carbons (Fsp3) is 0.531. The molecule has 0 radical (unpaired) electrons. The van der Waals surface area contributed by atoms with Crippen molar-refractivity contribution in [2.45, 2.75) is 76.8 Å². The average Bonchev–Trinajstić information content (AvgIpc) is 3.74. The number of nitrogens with one attached hydrogen (secondary N) is 1. The Hall–Kier alpha value is -4.65. The van der Waals surface area contributed by atoms with Gasteiger partial charge in [-0.3, -0.25) is 9.58 Å². The van der Waals surface area contributed by atoms with Gasteiger partial charge >= 0.3 is 0 Å². The molecule has 2 fully saturated rings. The van der Waals surface area contributed by atoms with E-state index in [4.69, 9.17) is 19.3 Å². The molecule has 1 aliphatic carbocycles. The van der Waals surface area contributed by atoms with E-state index in [1.54, 1.807) is 43.1 Å². The van der Waals surface area contributed by atoms with Gasteiger partial charge in [0.05, 0.1) is 43.2 Å². The predicted molar refractivity (Wildman–Crippen MR) is 171 cm³/mol. The molecule has 0 amide bonds. The van der Waals surface area contributed by atoms with Gasteiger partial charge in [0.1, 0.15) is 36.5 Å². The minimum Gasteiger partial charge on any atom is -0.487 e. The summed E-state index contributed by atoms with van der Waals surface area (Å²) in [6.45, 7) is 9.41. The highest BCUT2D eigenvalue weighted by molar-refractivity contribution is 5.67. The molecule has 4 heterocycles. The molecule has 4 aromatic rings. The number of anilines is 2. The molecule has 47 heavy (non-hydrogen) atoms. The van der Waals surface area contributed by atoms with Gasteiger partial charge in [-0.05, 0) is 74.6 Å². The van der Waals surface area contributed by atoms with Crippen molar-refractivity contribution < 1.29 is 19.3 Å². The molecular formula is C32H41N11O4. The lowest BCUT2D eigenvalue weighted by Crippen LogP contribution is -2.45. The van der Waals surface area contributed by atoms with Gasteiger partial charge in [0.2, 0.25) is 5.95 Å². The van der Waals surface area contributed by atoms with Gasteiger partial charge in [-0.25, -0.2) is 14.6 Å². The minimum absolute atomic E-state index is 0.0830. The van der Waals surface area contributed by atoms with Gasteiger partial charge in [-0.15, -0.1) is 10.2 Å². The van der Waals surface area contributed by atoms with Gasteiger partial charge in [-0.2, -0.15) is 5.26 Å². The summed E-state index contributed by atoms with van der Waals surface area (Å²) >= 11 is 0. The van der Waals surface area contributed by atoms with Crippen molar-refractivity contribution in [1.82, 2.24) is 44.9 Å². The summed E-state index contributed by atoms with van der Waals surface area (Å²) in [5, 5.41) is 39.2. The van der Waals surface area contributed by atoms with Crippen molar-refractivity contribution in [2.75, 3.05) is 38.2 Å². The molecule has 15 nitrogen and oxygen atoms in total. The maximum absolute atomic E-state index is 10.3. The standard InChI is InChI=1S/C32H41N11O4/c1-22(18-42-21-36-39-40-42)47-29-14-23(4-5-24(29)15-33)25-16-34-31(35-17-25)37-28-19-43(38-30(28)46-20-32(2,3)44)27-8-6-26(7-9-27)41-10-12-45-13-11-41/h4-5,14,16-17,19,21-22,26-27,44H,6-13,18,20H2,1-3H3,(H,34,35,37)/t22-,26?,27?/m0/s1. The van der Waals surface area contributed by atoms with Gasteiger partial charge in [0.25, 0.3) is 5.88 Å². The van der Waals surface area contributed by atoms with Crippen LogP contribution in [0.15, 0.2) is 43.1 Å². The topological polar surface area (TPSA) is 174 Å². The first-order valence-corrected chi connectivity index (χ1v) is 16.0. The van der Waals surface area contributed by atoms with Gasteiger partial charge in [0, 0.05) is 37.1 Å². The summed E-state index contributed by atoms with van der Waals surface area (Å²) < 4.78 is 21.1. The van der Waals surface area contributed by atoms with Crippen molar-refractivity contribution in [3.05, 3.63) is 48.7 Å². The second kappa shape index (κ2) is 14.4. The van der Waals surface area contributed by atoms with E-state index in [2.05, 4.69) is 41.8 Å². The van der Waals surface area contributed by atoms with E-state index in [-0.39, 0.29) is 18.8 Å². The molecule has 6 rings (SSSR count). The second-order valence-corrected chi connectivity index (χ2v) is 12.7. The van der Waals surface area contributed by atoms with Gasteiger partial charge in [-0.1, -0.05) is 6.07 Å². The number of morpholine rings is 1. The number of ether oxygens (including phenoxy) is 3. The molecule has 0 spiro atoms. The zero-order valence-electron chi connectivity index (χ0n) is 27.0. The highest BCUT2D eigenvalue weighted by Gasteiger charge is 2.29. The summed E-state index contributed by atoms with van der Waals surface area (Å²) in [7, 11) is 0. The Morgan fingerprint density at radius 2 is 1.85 bits per heavy atom. The van der Waals surface area contributed by atoms with Crippen LogP contribution >= 0.6 is 0 Å². The van der Waals surface area contributed by atoms with Crippen LogP contribution in [-0.4, -0.2) is 101 Å².